The van der Waals surface area contributed by atoms with Gasteiger partial charge in [0.1, 0.15) is 5.65 Å². The van der Waals surface area contributed by atoms with E-state index in [4.69, 9.17) is 0 Å². The molecule has 0 amide bonds. The number of aromatic amines is 2. The summed E-state index contributed by atoms with van der Waals surface area (Å²) < 4.78 is 1.97. The summed E-state index contributed by atoms with van der Waals surface area (Å²) in [6.45, 7) is 0. The molecule has 0 aromatic carbocycles. The van der Waals surface area contributed by atoms with E-state index in [1.807, 2.05) is 16.8 Å². The molecule has 4 bridgehead atoms. The molecule has 4 aliphatic rings. The lowest BCUT2D eigenvalue weighted by Crippen LogP contribution is -2.61. The fraction of sp³-hybridized carbons (Fsp3) is 0.556. The molecule has 4 saturated carbocycles. The topological polar surface area (TPSA) is 86.7 Å². The van der Waals surface area contributed by atoms with Crippen LogP contribution in [0.3, 0.4) is 0 Å². The smallest absolute Gasteiger partial charge is 0.327 e. The summed E-state index contributed by atoms with van der Waals surface area (Å²) in [7, 11) is 0. The van der Waals surface area contributed by atoms with Crippen LogP contribution in [0.4, 0.5) is 0 Å². The molecule has 0 radical (unpaired) electrons. The van der Waals surface area contributed by atoms with Crippen LogP contribution in [-0.4, -0.2) is 30.2 Å². The van der Waals surface area contributed by atoms with Crippen molar-refractivity contribution in [3.8, 4) is 0 Å². The highest BCUT2D eigenvalue weighted by atomic mass is 16.3. The van der Waals surface area contributed by atoms with Crippen LogP contribution < -0.4 is 5.69 Å². The molecule has 2 unspecified atom stereocenters. The second-order valence-electron chi connectivity index (χ2n) is 8.44. The van der Waals surface area contributed by atoms with E-state index in [9.17, 15) is 9.90 Å². The SMILES string of the molecule is O=c1[nH]c2cnc3[nH]ccc3c2n1C12CC3CC(CC(O)(C3)C1)C2. The molecule has 0 spiro atoms. The highest BCUT2D eigenvalue weighted by Gasteiger charge is 2.58. The molecule has 6 nitrogen and oxygen atoms in total. The van der Waals surface area contributed by atoms with Crippen molar-refractivity contribution in [3.05, 3.63) is 28.9 Å². The first kappa shape index (κ1) is 13.2. The van der Waals surface area contributed by atoms with Crippen LogP contribution in [-0.2, 0) is 5.54 Å². The summed E-state index contributed by atoms with van der Waals surface area (Å²) in [5, 5.41) is 12.0. The van der Waals surface area contributed by atoms with Crippen molar-refractivity contribution >= 4 is 22.1 Å². The second-order valence-corrected chi connectivity index (χ2v) is 8.44. The fourth-order valence-electron chi connectivity index (χ4n) is 6.48. The molecule has 3 N–H and O–H groups in total. The Morgan fingerprint density at radius 3 is 2.79 bits per heavy atom. The fourth-order valence-corrected chi connectivity index (χ4v) is 6.48. The molecule has 4 fully saturated rings. The number of nitrogens with one attached hydrogen (secondary N) is 2. The molecule has 3 aromatic rings. The van der Waals surface area contributed by atoms with Crippen molar-refractivity contribution in [3.63, 3.8) is 0 Å². The quantitative estimate of drug-likeness (QED) is 0.641. The Balaban J connectivity index is 1.68. The van der Waals surface area contributed by atoms with Gasteiger partial charge in [0.25, 0.3) is 0 Å². The Morgan fingerprint density at radius 2 is 2.04 bits per heavy atom. The number of nitrogens with zero attached hydrogens (tertiary/aromatic N) is 2. The molecular formula is C18H20N4O2. The van der Waals surface area contributed by atoms with E-state index >= 15 is 0 Å². The highest BCUT2D eigenvalue weighted by molar-refractivity contribution is 6.01. The van der Waals surface area contributed by atoms with E-state index in [-0.39, 0.29) is 11.2 Å². The number of imidazole rings is 1. The third-order valence-corrected chi connectivity index (χ3v) is 6.70. The van der Waals surface area contributed by atoms with Crippen molar-refractivity contribution in [2.24, 2.45) is 11.8 Å². The van der Waals surface area contributed by atoms with Gasteiger partial charge in [0, 0.05) is 11.6 Å². The molecule has 124 valence electrons. The minimum atomic E-state index is -0.586. The first-order valence-electron chi connectivity index (χ1n) is 8.85. The van der Waals surface area contributed by atoms with Gasteiger partial charge < -0.3 is 15.1 Å². The van der Waals surface area contributed by atoms with Crippen molar-refractivity contribution in [2.75, 3.05) is 0 Å². The van der Waals surface area contributed by atoms with E-state index in [0.29, 0.717) is 18.3 Å². The summed E-state index contributed by atoms with van der Waals surface area (Å²) in [4.78, 5) is 23.4. The number of aromatic nitrogens is 4. The Hall–Kier alpha value is -2.08. The minimum absolute atomic E-state index is 0.0638. The van der Waals surface area contributed by atoms with Gasteiger partial charge in [0.05, 0.1) is 28.4 Å². The summed E-state index contributed by atoms with van der Waals surface area (Å²) in [6.07, 6.45) is 9.34. The second kappa shape index (κ2) is 3.94. The molecule has 0 aliphatic heterocycles. The van der Waals surface area contributed by atoms with Crippen LogP contribution in [0.25, 0.3) is 22.1 Å². The van der Waals surface area contributed by atoms with Gasteiger partial charge in [-0.25, -0.2) is 9.78 Å². The van der Waals surface area contributed by atoms with Gasteiger partial charge in [-0.15, -0.1) is 0 Å². The van der Waals surface area contributed by atoms with Crippen LogP contribution in [0.2, 0.25) is 0 Å². The number of H-pyrrole nitrogens is 2. The van der Waals surface area contributed by atoms with Gasteiger partial charge in [-0.3, -0.25) is 4.57 Å². The standard InChI is InChI=1S/C18H20N4O2/c23-16-21-13-8-20-15-12(1-2-19-15)14(13)22(16)17-4-10-3-11(5-17)7-18(24,6-10)9-17/h1-2,8,10-11,24H,3-7,9H2,(H,19,20)(H,21,23). The zero-order valence-corrected chi connectivity index (χ0v) is 13.4. The van der Waals surface area contributed by atoms with Gasteiger partial charge in [-0.2, -0.15) is 0 Å². The number of aliphatic hydroxyl groups is 1. The zero-order valence-electron chi connectivity index (χ0n) is 13.4. The number of hydrogen-bond acceptors (Lipinski definition) is 3. The minimum Gasteiger partial charge on any atom is -0.390 e. The normalized spacial score (nSPS) is 37.7. The maximum Gasteiger partial charge on any atom is 0.327 e. The third-order valence-electron chi connectivity index (χ3n) is 6.70. The molecule has 7 rings (SSSR count). The van der Waals surface area contributed by atoms with E-state index in [1.54, 1.807) is 6.20 Å². The van der Waals surface area contributed by atoms with Gasteiger partial charge in [-0.1, -0.05) is 0 Å². The van der Waals surface area contributed by atoms with Gasteiger partial charge in [0.2, 0.25) is 0 Å². The molecule has 3 heterocycles. The number of hydrogen-bond donors (Lipinski definition) is 3. The lowest BCUT2D eigenvalue weighted by atomic mass is 9.51. The van der Waals surface area contributed by atoms with Crippen LogP contribution in [0, 0.1) is 11.8 Å². The summed E-state index contributed by atoms with van der Waals surface area (Å²) in [5.74, 6) is 1.08. The Kier molecular flexibility index (Phi) is 2.17. The monoisotopic (exact) mass is 324 g/mol. The number of fused-ring (bicyclic) bond motifs is 3. The lowest BCUT2D eigenvalue weighted by molar-refractivity contribution is -0.156. The van der Waals surface area contributed by atoms with Crippen LogP contribution in [0.5, 0.6) is 0 Å². The Labute approximate surface area is 137 Å². The number of pyridine rings is 1. The molecule has 2 atom stereocenters. The summed E-state index contributed by atoms with van der Waals surface area (Å²) >= 11 is 0. The van der Waals surface area contributed by atoms with Crippen molar-refractivity contribution < 1.29 is 5.11 Å². The predicted molar refractivity (Wildman–Crippen MR) is 89.8 cm³/mol. The van der Waals surface area contributed by atoms with Gasteiger partial charge >= 0.3 is 5.69 Å². The maximum atomic E-state index is 12.9. The lowest BCUT2D eigenvalue weighted by Gasteiger charge is -2.60. The predicted octanol–water partition coefficient (Wildman–Crippen LogP) is 2.25. The first-order chi connectivity index (χ1) is 11.6. The zero-order chi connectivity index (χ0) is 16.1. The average Bonchev–Trinajstić information content (AvgIpc) is 3.06. The number of rotatable bonds is 1. The molecule has 24 heavy (non-hydrogen) atoms. The summed E-state index contributed by atoms with van der Waals surface area (Å²) in [5.41, 5.74) is 1.63. The van der Waals surface area contributed by atoms with E-state index in [1.165, 1.54) is 6.42 Å². The Morgan fingerprint density at radius 1 is 1.25 bits per heavy atom. The van der Waals surface area contributed by atoms with E-state index in [0.717, 1.165) is 47.8 Å². The van der Waals surface area contributed by atoms with Crippen molar-refractivity contribution in [2.45, 2.75) is 49.7 Å². The van der Waals surface area contributed by atoms with Crippen LogP contribution >= 0.6 is 0 Å². The maximum absolute atomic E-state index is 12.9. The largest absolute Gasteiger partial charge is 0.390 e. The molecule has 6 heteroatoms. The average molecular weight is 324 g/mol. The molecule has 3 aromatic heterocycles. The molecule has 0 saturated heterocycles. The first-order valence-corrected chi connectivity index (χ1v) is 8.85. The van der Waals surface area contributed by atoms with E-state index in [2.05, 4.69) is 15.0 Å². The van der Waals surface area contributed by atoms with Gasteiger partial charge in [0.15, 0.2) is 0 Å². The third kappa shape index (κ3) is 1.50. The van der Waals surface area contributed by atoms with E-state index < -0.39 is 5.60 Å². The highest BCUT2D eigenvalue weighted by Crippen LogP contribution is 2.60. The Bertz CT molecular complexity index is 1030. The van der Waals surface area contributed by atoms with Crippen LogP contribution in [0.15, 0.2) is 23.3 Å². The van der Waals surface area contributed by atoms with Gasteiger partial charge in [-0.05, 0) is 56.4 Å². The van der Waals surface area contributed by atoms with Crippen LogP contribution in [0.1, 0.15) is 38.5 Å². The summed E-state index contributed by atoms with van der Waals surface area (Å²) in [6, 6.07) is 1.99. The van der Waals surface area contributed by atoms with Crippen molar-refractivity contribution in [1.82, 2.24) is 19.5 Å². The molecule has 4 aliphatic carbocycles. The molecular weight excluding hydrogens is 304 g/mol. The van der Waals surface area contributed by atoms with Crippen molar-refractivity contribution in [1.29, 1.82) is 0 Å².